The van der Waals surface area contributed by atoms with Crippen molar-refractivity contribution in [1.82, 2.24) is 10.4 Å². The number of aryl methyl sites for hydroxylation is 1. The molecule has 0 spiro atoms. The zero-order chi connectivity index (χ0) is 10.8. The topological polar surface area (TPSA) is 32.3 Å². The molecule has 1 amide bonds. The average Bonchev–Trinajstić information content (AvgIpc) is 2.68. The van der Waals surface area contributed by atoms with Crippen LogP contribution in [0, 0.1) is 6.92 Å². The lowest BCUT2D eigenvalue weighted by atomic mass is 10.1. The Bertz CT molecular complexity index is 400. The largest absolute Gasteiger partial charge is 0.296 e. The zero-order valence-electron chi connectivity index (χ0n) is 8.34. The van der Waals surface area contributed by atoms with Gasteiger partial charge in [0.2, 0.25) is 0 Å². The molecular weight excluding hydrogens is 208 g/mol. The maximum Gasteiger partial charge on any atom is 0.296 e. The van der Waals surface area contributed by atoms with Crippen LogP contribution in [0.5, 0.6) is 0 Å². The van der Waals surface area contributed by atoms with E-state index in [4.69, 9.17) is 0 Å². The third kappa shape index (κ3) is 2.22. The van der Waals surface area contributed by atoms with Crippen LogP contribution in [0.1, 0.15) is 17.2 Å². The van der Waals surface area contributed by atoms with Crippen molar-refractivity contribution in [1.29, 1.82) is 0 Å². The van der Waals surface area contributed by atoms with Crippen LogP contribution < -0.4 is 5.43 Å². The van der Waals surface area contributed by atoms with E-state index in [1.54, 1.807) is 6.20 Å². The van der Waals surface area contributed by atoms with Crippen LogP contribution in [-0.4, -0.2) is 10.2 Å². The summed E-state index contributed by atoms with van der Waals surface area (Å²) >= 11 is 3.74. The molecule has 1 aromatic rings. The van der Waals surface area contributed by atoms with Crippen molar-refractivity contribution in [2.24, 2.45) is 0 Å². The molecule has 0 bridgehead atoms. The fourth-order valence-electron chi connectivity index (χ4n) is 1.49. The van der Waals surface area contributed by atoms with Gasteiger partial charge in [-0.1, -0.05) is 42.5 Å². The minimum atomic E-state index is -0.305. The van der Waals surface area contributed by atoms with E-state index in [2.05, 4.69) is 30.2 Å². The van der Waals surface area contributed by atoms with Crippen LogP contribution in [0.2, 0.25) is 0 Å². The van der Waals surface area contributed by atoms with Gasteiger partial charge in [-0.3, -0.25) is 4.79 Å². The van der Waals surface area contributed by atoms with E-state index in [1.807, 2.05) is 25.1 Å². The zero-order valence-corrected chi connectivity index (χ0v) is 9.24. The number of nitrogens with zero attached hydrogens (tertiary/aromatic N) is 1. The fraction of sp³-hybridized carbons (Fsp3) is 0.182. The van der Waals surface area contributed by atoms with Gasteiger partial charge in [-0.05, 0) is 18.6 Å². The van der Waals surface area contributed by atoms with Gasteiger partial charge in [-0.15, -0.1) is 0 Å². The van der Waals surface area contributed by atoms with E-state index in [0.29, 0.717) is 0 Å². The number of hydrogen-bond acceptors (Lipinski definition) is 2. The van der Waals surface area contributed by atoms with E-state index in [0.717, 1.165) is 5.56 Å². The second-order valence-corrected chi connectivity index (χ2v) is 3.89. The highest BCUT2D eigenvalue weighted by atomic mass is 32.1. The molecule has 2 rings (SSSR count). The number of hydrogen-bond donors (Lipinski definition) is 2. The van der Waals surface area contributed by atoms with Crippen LogP contribution >= 0.6 is 12.6 Å². The highest BCUT2D eigenvalue weighted by Crippen LogP contribution is 2.20. The molecule has 0 aromatic heterocycles. The first kappa shape index (κ1) is 10.3. The summed E-state index contributed by atoms with van der Waals surface area (Å²) in [5.41, 5.74) is 5.38. The summed E-state index contributed by atoms with van der Waals surface area (Å²) in [5, 5.41) is 1.06. The van der Waals surface area contributed by atoms with Gasteiger partial charge < -0.3 is 0 Å². The Labute approximate surface area is 94.2 Å². The van der Waals surface area contributed by atoms with Crippen molar-refractivity contribution in [3.8, 4) is 0 Å². The van der Waals surface area contributed by atoms with Crippen molar-refractivity contribution < 1.29 is 4.79 Å². The van der Waals surface area contributed by atoms with Gasteiger partial charge >= 0.3 is 0 Å². The van der Waals surface area contributed by atoms with Gasteiger partial charge in [0.05, 0.1) is 6.04 Å². The van der Waals surface area contributed by atoms with Crippen molar-refractivity contribution in [3.05, 3.63) is 47.7 Å². The van der Waals surface area contributed by atoms with E-state index in [1.165, 1.54) is 10.6 Å². The molecule has 1 atom stereocenters. The van der Waals surface area contributed by atoms with Crippen LogP contribution in [0.25, 0.3) is 0 Å². The van der Waals surface area contributed by atoms with Crippen molar-refractivity contribution in [3.63, 3.8) is 0 Å². The summed E-state index contributed by atoms with van der Waals surface area (Å²) < 4.78 is 0. The van der Waals surface area contributed by atoms with Gasteiger partial charge in [0.15, 0.2) is 0 Å². The first-order valence-corrected chi connectivity index (χ1v) is 5.15. The number of thiol groups is 1. The Kier molecular flexibility index (Phi) is 2.79. The SMILES string of the molecule is Cc1ccc(C2C=CN(C(=O)S)N2)cc1. The highest BCUT2D eigenvalue weighted by Gasteiger charge is 2.19. The summed E-state index contributed by atoms with van der Waals surface area (Å²) in [5.74, 6) is 0. The van der Waals surface area contributed by atoms with Crippen molar-refractivity contribution in [2.45, 2.75) is 13.0 Å². The maximum atomic E-state index is 11.0. The molecule has 0 radical (unpaired) electrons. The molecule has 0 saturated carbocycles. The molecule has 0 fully saturated rings. The molecule has 15 heavy (non-hydrogen) atoms. The van der Waals surface area contributed by atoms with E-state index >= 15 is 0 Å². The summed E-state index contributed by atoms with van der Waals surface area (Å²) in [4.78, 5) is 11.0. The smallest absolute Gasteiger partial charge is 0.260 e. The summed E-state index contributed by atoms with van der Waals surface area (Å²) in [6.45, 7) is 2.05. The monoisotopic (exact) mass is 220 g/mol. The van der Waals surface area contributed by atoms with Gasteiger partial charge in [-0.25, -0.2) is 10.4 Å². The van der Waals surface area contributed by atoms with Crippen LogP contribution in [0.15, 0.2) is 36.5 Å². The number of nitrogens with one attached hydrogen (secondary N) is 1. The van der Waals surface area contributed by atoms with E-state index in [9.17, 15) is 4.79 Å². The quantitative estimate of drug-likeness (QED) is 0.712. The molecular formula is C11H12N2OS. The predicted octanol–water partition coefficient (Wildman–Crippen LogP) is 2.42. The normalized spacial score (nSPS) is 19.6. The number of carbonyl (C=O) groups excluding carboxylic acids is 1. The molecule has 1 N–H and O–H groups in total. The number of benzene rings is 1. The Morgan fingerprint density at radius 2 is 2.07 bits per heavy atom. The lowest BCUT2D eigenvalue weighted by Gasteiger charge is -2.15. The Balaban J connectivity index is 2.12. The second kappa shape index (κ2) is 4.08. The second-order valence-electron chi connectivity index (χ2n) is 3.51. The lowest BCUT2D eigenvalue weighted by Crippen LogP contribution is -2.32. The van der Waals surface area contributed by atoms with Gasteiger partial charge in [0.25, 0.3) is 5.24 Å². The third-order valence-electron chi connectivity index (χ3n) is 2.35. The Hall–Kier alpha value is -1.26. The summed E-state index contributed by atoms with van der Waals surface area (Å²) in [6.07, 6.45) is 3.62. The Morgan fingerprint density at radius 3 is 2.60 bits per heavy atom. The predicted molar refractivity (Wildman–Crippen MR) is 62.4 cm³/mol. The number of amides is 1. The average molecular weight is 220 g/mol. The molecule has 3 nitrogen and oxygen atoms in total. The molecule has 4 heteroatoms. The lowest BCUT2D eigenvalue weighted by molar-refractivity contribution is 0.224. The molecule has 1 heterocycles. The molecule has 0 aliphatic carbocycles. The van der Waals surface area contributed by atoms with Crippen LogP contribution in [-0.2, 0) is 0 Å². The van der Waals surface area contributed by atoms with Crippen LogP contribution in [0.3, 0.4) is 0 Å². The molecule has 1 aliphatic rings. The van der Waals surface area contributed by atoms with Gasteiger partial charge in [0, 0.05) is 6.20 Å². The van der Waals surface area contributed by atoms with Crippen molar-refractivity contribution >= 4 is 17.9 Å². The van der Waals surface area contributed by atoms with Crippen LogP contribution in [0.4, 0.5) is 4.79 Å². The number of carbonyl (C=O) groups is 1. The number of hydrazine groups is 1. The van der Waals surface area contributed by atoms with E-state index < -0.39 is 0 Å². The maximum absolute atomic E-state index is 11.0. The molecule has 1 aromatic carbocycles. The third-order valence-corrected chi connectivity index (χ3v) is 2.56. The molecule has 1 aliphatic heterocycles. The molecule has 78 valence electrons. The minimum Gasteiger partial charge on any atom is -0.260 e. The molecule has 0 saturated heterocycles. The van der Waals surface area contributed by atoms with Gasteiger partial charge in [-0.2, -0.15) is 0 Å². The van der Waals surface area contributed by atoms with E-state index in [-0.39, 0.29) is 11.3 Å². The minimum absolute atomic E-state index is 0.0571. The standard InChI is InChI=1S/C11H12N2OS/c1-8-2-4-9(5-3-8)10-6-7-13(12-10)11(14)15/h2-7,10,12H,1H3,(H,14,15). The first-order chi connectivity index (χ1) is 7.16. The fourth-order valence-corrected chi connectivity index (χ4v) is 1.61. The van der Waals surface area contributed by atoms with Crippen molar-refractivity contribution in [2.75, 3.05) is 0 Å². The Morgan fingerprint density at radius 1 is 1.40 bits per heavy atom. The van der Waals surface area contributed by atoms with Gasteiger partial charge in [0.1, 0.15) is 0 Å². The first-order valence-electron chi connectivity index (χ1n) is 4.70. The molecule has 1 unspecified atom stereocenters. The highest BCUT2D eigenvalue weighted by molar-refractivity contribution is 7.96. The summed E-state index contributed by atoms with van der Waals surface area (Å²) in [7, 11) is 0. The summed E-state index contributed by atoms with van der Waals surface area (Å²) in [6, 6.07) is 8.25. The number of rotatable bonds is 1.